The van der Waals surface area contributed by atoms with Gasteiger partial charge in [-0.2, -0.15) is 0 Å². The summed E-state index contributed by atoms with van der Waals surface area (Å²) in [6.45, 7) is 2.51. The second-order valence-electron chi connectivity index (χ2n) is 4.04. The molecule has 1 aliphatic rings. The maximum atomic E-state index is 13.5. The largest absolute Gasteiger partial charge is 0.377 e. The summed E-state index contributed by atoms with van der Waals surface area (Å²) in [6.07, 6.45) is 0.747. The van der Waals surface area contributed by atoms with E-state index in [9.17, 15) is 14.5 Å². The molecule has 1 aromatic rings. The number of nitro groups is 1. The van der Waals surface area contributed by atoms with Crippen molar-refractivity contribution in [2.75, 3.05) is 11.9 Å². The minimum Gasteiger partial charge on any atom is -0.377 e. The molecule has 1 heterocycles. The zero-order valence-electron chi connectivity index (χ0n) is 9.35. The molecule has 1 aromatic carbocycles. The fourth-order valence-corrected chi connectivity index (χ4v) is 1.86. The van der Waals surface area contributed by atoms with Crippen molar-refractivity contribution in [2.24, 2.45) is 0 Å². The molecule has 0 radical (unpaired) electrons. The van der Waals surface area contributed by atoms with E-state index in [1.807, 2.05) is 6.92 Å². The van der Waals surface area contributed by atoms with Gasteiger partial charge < -0.3 is 10.1 Å². The molecule has 2 unspecified atom stereocenters. The van der Waals surface area contributed by atoms with E-state index in [0.29, 0.717) is 6.61 Å². The summed E-state index contributed by atoms with van der Waals surface area (Å²) >= 11 is 0. The van der Waals surface area contributed by atoms with Gasteiger partial charge in [-0.3, -0.25) is 10.1 Å². The van der Waals surface area contributed by atoms with Crippen LogP contribution in [-0.4, -0.2) is 23.7 Å². The van der Waals surface area contributed by atoms with E-state index >= 15 is 0 Å². The van der Waals surface area contributed by atoms with E-state index < -0.39 is 10.7 Å². The van der Waals surface area contributed by atoms with Crippen molar-refractivity contribution in [1.82, 2.24) is 0 Å². The van der Waals surface area contributed by atoms with Crippen LogP contribution in [0.5, 0.6) is 0 Å². The molecule has 1 aliphatic heterocycles. The van der Waals surface area contributed by atoms with Crippen molar-refractivity contribution in [1.29, 1.82) is 0 Å². The zero-order chi connectivity index (χ0) is 12.4. The molecule has 92 valence electrons. The van der Waals surface area contributed by atoms with E-state index in [-0.39, 0.29) is 23.5 Å². The monoisotopic (exact) mass is 240 g/mol. The number of ether oxygens (including phenoxy) is 1. The predicted molar refractivity (Wildman–Crippen MR) is 60.5 cm³/mol. The molecule has 0 saturated carbocycles. The first-order chi connectivity index (χ1) is 8.08. The first-order valence-electron chi connectivity index (χ1n) is 5.40. The number of non-ortho nitro benzene ring substituents is 1. The maximum Gasteiger partial charge on any atom is 0.271 e. The summed E-state index contributed by atoms with van der Waals surface area (Å²) in [5.41, 5.74) is 0.0296. The highest BCUT2D eigenvalue weighted by Crippen LogP contribution is 2.25. The average molecular weight is 240 g/mol. The number of nitro benzene ring substituents is 1. The Kier molecular flexibility index (Phi) is 3.23. The van der Waals surface area contributed by atoms with Gasteiger partial charge in [0.15, 0.2) is 0 Å². The molecular formula is C11H13FN2O3. The van der Waals surface area contributed by atoms with Gasteiger partial charge in [0.1, 0.15) is 5.82 Å². The Bertz CT molecular complexity index is 439. The second-order valence-corrected chi connectivity index (χ2v) is 4.04. The van der Waals surface area contributed by atoms with Crippen LogP contribution in [0.1, 0.15) is 13.3 Å². The Hall–Kier alpha value is -1.69. The second kappa shape index (κ2) is 4.67. The average Bonchev–Trinajstić information content (AvgIpc) is 2.67. The van der Waals surface area contributed by atoms with Gasteiger partial charge in [0.2, 0.25) is 0 Å². The molecule has 0 aliphatic carbocycles. The fourth-order valence-electron chi connectivity index (χ4n) is 1.86. The highest BCUT2D eigenvalue weighted by atomic mass is 19.1. The summed E-state index contributed by atoms with van der Waals surface area (Å²) in [7, 11) is 0. The summed E-state index contributed by atoms with van der Waals surface area (Å²) < 4.78 is 18.8. The van der Waals surface area contributed by atoms with E-state index in [0.717, 1.165) is 18.6 Å². The minimum atomic E-state index is -0.542. The van der Waals surface area contributed by atoms with Crippen LogP contribution in [0.2, 0.25) is 0 Å². The predicted octanol–water partition coefficient (Wildman–Crippen LogP) is 2.32. The third kappa shape index (κ3) is 2.52. The lowest BCUT2D eigenvalue weighted by molar-refractivity contribution is -0.384. The number of nitrogens with one attached hydrogen (secondary N) is 1. The van der Waals surface area contributed by atoms with Gasteiger partial charge >= 0.3 is 0 Å². The van der Waals surface area contributed by atoms with Crippen LogP contribution in [0, 0.1) is 15.9 Å². The molecule has 0 aromatic heterocycles. The van der Waals surface area contributed by atoms with E-state index in [4.69, 9.17) is 4.74 Å². The minimum absolute atomic E-state index is 0.00787. The molecule has 2 rings (SSSR count). The van der Waals surface area contributed by atoms with Gasteiger partial charge in [0.05, 0.1) is 22.8 Å². The van der Waals surface area contributed by atoms with Crippen LogP contribution in [0.25, 0.3) is 0 Å². The Labute approximate surface area is 97.7 Å². The zero-order valence-corrected chi connectivity index (χ0v) is 9.35. The van der Waals surface area contributed by atoms with Crippen LogP contribution in [0.3, 0.4) is 0 Å². The molecule has 0 spiro atoms. The number of hydrogen-bond acceptors (Lipinski definition) is 4. The molecule has 2 atom stereocenters. The number of anilines is 1. The Balaban J connectivity index is 2.19. The van der Waals surface area contributed by atoms with Crippen molar-refractivity contribution in [2.45, 2.75) is 25.5 Å². The molecule has 1 saturated heterocycles. The molecule has 0 amide bonds. The van der Waals surface area contributed by atoms with Gasteiger partial charge in [-0.25, -0.2) is 4.39 Å². The number of nitrogens with zero attached hydrogens (tertiary/aromatic N) is 1. The topological polar surface area (TPSA) is 64.4 Å². The van der Waals surface area contributed by atoms with E-state index in [2.05, 4.69) is 5.32 Å². The maximum absolute atomic E-state index is 13.5. The summed E-state index contributed by atoms with van der Waals surface area (Å²) in [4.78, 5) is 10.1. The molecular weight excluding hydrogens is 227 g/mol. The van der Waals surface area contributed by atoms with E-state index in [1.54, 1.807) is 0 Å². The lowest BCUT2D eigenvalue weighted by Gasteiger charge is -2.17. The van der Waals surface area contributed by atoms with Crippen LogP contribution in [0.4, 0.5) is 15.8 Å². The van der Waals surface area contributed by atoms with Crippen LogP contribution in [-0.2, 0) is 4.74 Å². The summed E-state index contributed by atoms with van der Waals surface area (Å²) in [5, 5.41) is 13.5. The Morgan fingerprint density at radius 1 is 1.59 bits per heavy atom. The molecule has 1 N–H and O–H groups in total. The first kappa shape index (κ1) is 11.8. The van der Waals surface area contributed by atoms with Gasteiger partial charge in [-0.1, -0.05) is 0 Å². The van der Waals surface area contributed by atoms with Gasteiger partial charge in [0.25, 0.3) is 5.69 Å². The van der Waals surface area contributed by atoms with Gasteiger partial charge in [-0.05, 0) is 19.4 Å². The Morgan fingerprint density at radius 3 is 2.94 bits per heavy atom. The fraction of sp³-hybridized carbons (Fsp3) is 0.455. The number of rotatable bonds is 3. The molecule has 1 fully saturated rings. The van der Waals surface area contributed by atoms with E-state index in [1.165, 1.54) is 6.07 Å². The van der Waals surface area contributed by atoms with Crippen molar-refractivity contribution in [3.8, 4) is 0 Å². The highest BCUT2D eigenvalue weighted by Gasteiger charge is 2.25. The molecule has 17 heavy (non-hydrogen) atoms. The lowest BCUT2D eigenvalue weighted by atomic mass is 10.1. The van der Waals surface area contributed by atoms with Crippen molar-refractivity contribution >= 4 is 11.4 Å². The molecule has 6 heteroatoms. The SMILES string of the molecule is CC1OCCC1Nc1cc([N+](=O)[O-])ccc1F. The first-order valence-corrected chi connectivity index (χ1v) is 5.40. The number of benzene rings is 1. The van der Waals surface area contributed by atoms with Crippen LogP contribution >= 0.6 is 0 Å². The summed E-state index contributed by atoms with van der Waals surface area (Å²) in [6, 6.07) is 3.45. The van der Waals surface area contributed by atoms with Gasteiger partial charge in [-0.15, -0.1) is 0 Å². The Morgan fingerprint density at radius 2 is 2.35 bits per heavy atom. The van der Waals surface area contributed by atoms with Crippen molar-refractivity contribution in [3.63, 3.8) is 0 Å². The highest BCUT2D eigenvalue weighted by molar-refractivity contribution is 5.53. The standard InChI is InChI=1S/C11H13FN2O3/c1-7-10(4-5-17-7)13-11-6-8(14(15)16)2-3-9(11)12/h2-3,6-7,10,13H,4-5H2,1H3. The number of halogens is 1. The summed E-state index contributed by atoms with van der Waals surface area (Å²) in [5.74, 6) is -0.491. The van der Waals surface area contributed by atoms with Crippen LogP contribution < -0.4 is 5.32 Å². The normalized spacial score (nSPS) is 23.6. The quantitative estimate of drug-likeness (QED) is 0.650. The van der Waals surface area contributed by atoms with Crippen LogP contribution in [0.15, 0.2) is 18.2 Å². The molecule has 5 nitrogen and oxygen atoms in total. The van der Waals surface area contributed by atoms with Gasteiger partial charge in [0, 0.05) is 18.7 Å². The third-order valence-electron chi connectivity index (χ3n) is 2.88. The molecule has 0 bridgehead atoms. The third-order valence-corrected chi connectivity index (χ3v) is 2.88. The van der Waals surface area contributed by atoms with Crippen molar-refractivity contribution in [3.05, 3.63) is 34.1 Å². The number of hydrogen-bond donors (Lipinski definition) is 1. The smallest absolute Gasteiger partial charge is 0.271 e. The lowest BCUT2D eigenvalue weighted by Crippen LogP contribution is -2.27. The van der Waals surface area contributed by atoms with Crippen molar-refractivity contribution < 1.29 is 14.1 Å².